The lowest BCUT2D eigenvalue weighted by Crippen LogP contribution is -2.44. The lowest BCUT2D eigenvalue weighted by atomic mass is 9.80. The molecule has 0 bridgehead atoms. The van der Waals surface area contributed by atoms with Gasteiger partial charge in [-0.25, -0.2) is 0 Å². The maximum atomic E-state index is 12.1. The number of carboxylic acid groups (broad SMARTS) is 1. The van der Waals surface area contributed by atoms with Crippen LogP contribution in [0.25, 0.3) is 0 Å². The van der Waals surface area contributed by atoms with Crippen molar-refractivity contribution < 1.29 is 24.2 Å². The normalized spacial score (nSPS) is 26.1. The van der Waals surface area contributed by atoms with Gasteiger partial charge in [0.15, 0.2) is 5.41 Å². The predicted octanol–water partition coefficient (Wildman–Crippen LogP) is 1.60. The van der Waals surface area contributed by atoms with E-state index in [-0.39, 0.29) is 19.4 Å². The summed E-state index contributed by atoms with van der Waals surface area (Å²) < 4.78 is 10.4. The number of carbonyl (C=O) groups excluding carboxylic acids is 1. The predicted molar refractivity (Wildman–Crippen MR) is 60.6 cm³/mol. The summed E-state index contributed by atoms with van der Waals surface area (Å²) >= 11 is 0. The molecule has 1 aliphatic heterocycles. The van der Waals surface area contributed by atoms with Crippen LogP contribution in [0.1, 0.15) is 40.0 Å². The summed E-state index contributed by atoms with van der Waals surface area (Å²) in [5.41, 5.74) is -2.11. The second-order valence-electron chi connectivity index (χ2n) is 5.36. The molecule has 0 radical (unpaired) electrons. The van der Waals surface area contributed by atoms with Crippen LogP contribution in [0.5, 0.6) is 0 Å². The van der Waals surface area contributed by atoms with Gasteiger partial charge >= 0.3 is 11.9 Å². The third kappa shape index (κ3) is 3.43. The molecule has 1 N–H and O–H groups in total. The molecule has 1 fully saturated rings. The van der Waals surface area contributed by atoms with Crippen LogP contribution in [-0.2, 0) is 19.1 Å². The molecule has 1 rings (SSSR count). The van der Waals surface area contributed by atoms with Crippen LogP contribution in [0.15, 0.2) is 0 Å². The van der Waals surface area contributed by atoms with Crippen LogP contribution in [-0.4, -0.2) is 35.9 Å². The monoisotopic (exact) mass is 244 g/mol. The summed E-state index contributed by atoms with van der Waals surface area (Å²) in [6, 6.07) is 0. The number of aliphatic carboxylic acids is 1. The van der Waals surface area contributed by atoms with Crippen molar-refractivity contribution in [3.8, 4) is 0 Å². The molecule has 5 heteroatoms. The van der Waals surface area contributed by atoms with E-state index in [0.717, 1.165) is 0 Å². The highest BCUT2D eigenvalue weighted by Gasteiger charge is 2.48. The van der Waals surface area contributed by atoms with Crippen LogP contribution in [0.4, 0.5) is 0 Å². The number of hydrogen-bond donors (Lipinski definition) is 1. The lowest BCUT2D eigenvalue weighted by molar-refractivity contribution is -0.178. The highest BCUT2D eigenvalue weighted by Crippen LogP contribution is 2.34. The van der Waals surface area contributed by atoms with Crippen LogP contribution >= 0.6 is 0 Å². The Balaban J connectivity index is 2.90. The van der Waals surface area contributed by atoms with Gasteiger partial charge in [-0.05, 0) is 40.0 Å². The fourth-order valence-electron chi connectivity index (χ4n) is 1.83. The van der Waals surface area contributed by atoms with E-state index in [1.807, 2.05) is 0 Å². The SMILES string of the molecule is CC(C)(C)OC(=O)C1(C(=O)O)CCCOCC1. The standard InChI is InChI=1S/C12H20O5/c1-11(2,3)17-10(15)12(9(13)14)5-4-7-16-8-6-12/h4-8H2,1-3H3,(H,13,14). The first-order valence-corrected chi connectivity index (χ1v) is 5.82. The lowest BCUT2D eigenvalue weighted by Gasteiger charge is -2.29. The molecule has 5 nitrogen and oxygen atoms in total. The quantitative estimate of drug-likeness (QED) is 0.590. The topological polar surface area (TPSA) is 72.8 Å². The Kier molecular flexibility index (Phi) is 4.14. The fraction of sp³-hybridized carbons (Fsp3) is 0.833. The Bertz CT molecular complexity index is 295. The molecule has 0 saturated carbocycles. The van der Waals surface area contributed by atoms with Gasteiger partial charge in [-0.1, -0.05) is 0 Å². The third-order valence-corrected chi connectivity index (χ3v) is 2.76. The minimum Gasteiger partial charge on any atom is -0.480 e. The molecule has 1 atom stereocenters. The molecule has 1 aliphatic rings. The zero-order chi connectivity index (χ0) is 13.1. The van der Waals surface area contributed by atoms with E-state index in [4.69, 9.17) is 9.47 Å². The molecule has 0 aliphatic carbocycles. The number of rotatable bonds is 2. The van der Waals surface area contributed by atoms with Crippen molar-refractivity contribution in [2.75, 3.05) is 13.2 Å². The molecular weight excluding hydrogens is 224 g/mol. The second kappa shape index (κ2) is 5.04. The summed E-state index contributed by atoms with van der Waals surface area (Å²) in [5.74, 6) is -1.76. The Labute approximate surface area is 101 Å². The molecule has 0 aromatic carbocycles. The first-order chi connectivity index (χ1) is 7.78. The summed E-state index contributed by atoms with van der Waals surface area (Å²) in [6.45, 7) is 5.97. The minimum absolute atomic E-state index is 0.178. The summed E-state index contributed by atoms with van der Waals surface area (Å²) in [6.07, 6.45) is 1.01. The average molecular weight is 244 g/mol. The summed E-state index contributed by atoms with van der Waals surface area (Å²) in [4.78, 5) is 23.5. The number of carboxylic acids is 1. The van der Waals surface area contributed by atoms with Gasteiger partial charge in [0.05, 0.1) is 0 Å². The van der Waals surface area contributed by atoms with E-state index in [0.29, 0.717) is 13.0 Å². The highest BCUT2D eigenvalue weighted by atomic mass is 16.6. The molecule has 1 unspecified atom stereocenters. The van der Waals surface area contributed by atoms with E-state index in [1.165, 1.54) is 0 Å². The van der Waals surface area contributed by atoms with Gasteiger partial charge in [-0.15, -0.1) is 0 Å². The van der Waals surface area contributed by atoms with E-state index >= 15 is 0 Å². The van der Waals surface area contributed by atoms with Gasteiger partial charge in [0, 0.05) is 13.2 Å². The molecule has 0 aromatic heterocycles. The van der Waals surface area contributed by atoms with E-state index in [9.17, 15) is 14.7 Å². The van der Waals surface area contributed by atoms with Gasteiger partial charge in [-0.3, -0.25) is 9.59 Å². The van der Waals surface area contributed by atoms with Gasteiger partial charge in [0.2, 0.25) is 0 Å². The number of carbonyl (C=O) groups is 2. The van der Waals surface area contributed by atoms with Crippen molar-refractivity contribution in [3.63, 3.8) is 0 Å². The molecule has 17 heavy (non-hydrogen) atoms. The highest BCUT2D eigenvalue weighted by molar-refractivity contribution is 5.99. The van der Waals surface area contributed by atoms with Crippen molar-refractivity contribution in [2.45, 2.75) is 45.6 Å². The Morgan fingerprint density at radius 2 is 1.88 bits per heavy atom. The van der Waals surface area contributed by atoms with Crippen molar-refractivity contribution in [2.24, 2.45) is 5.41 Å². The molecule has 1 saturated heterocycles. The number of esters is 1. The zero-order valence-electron chi connectivity index (χ0n) is 10.6. The first kappa shape index (κ1) is 14.0. The van der Waals surface area contributed by atoms with E-state index < -0.39 is 23.0 Å². The number of ether oxygens (including phenoxy) is 2. The zero-order valence-corrected chi connectivity index (χ0v) is 10.6. The smallest absolute Gasteiger partial charge is 0.324 e. The van der Waals surface area contributed by atoms with Gasteiger partial charge in [0.25, 0.3) is 0 Å². The Morgan fingerprint density at radius 3 is 2.41 bits per heavy atom. The van der Waals surface area contributed by atoms with Crippen molar-refractivity contribution in [1.82, 2.24) is 0 Å². The first-order valence-electron chi connectivity index (χ1n) is 5.82. The van der Waals surface area contributed by atoms with Crippen LogP contribution in [0.3, 0.4) is 0 Å². The Hall–Kier alpha value is -1.10. The molecule has 0 amide bonds. The van der Waals surface area contributed by atoms with E-state index in [1.54, 1.807) is 20.8 Å². The third-order valence-electron chi connectivity index (χ3n) is 2.76. The Morgan fingerprint density at radius 1 is 1.24 bits per heavy atom. The maximum Gasteiger partial charge on any atom is 0.324 e. The van der Waals surface area contributed by atoms with E-state index in [2.05, 4.69) is 0 Å². The van der Waals surface area contributed by atoms with Gasteiger partial charge in [0.1, 0.15) is 5.60 Å². The number of hydrogen-bond acceptors (Lipinski definition) is 4. The summed E-state index contributed by atoms with van der Waals surface area (Å²) in [5, 5.41) is 9.32. The van der Waals surface area contributed by atoms with Crippen LogP contribution < -0.4 is 0 Å². The van der Waals surface area contributed by atoms with Gasteiger partial charge in [-0.2, -0.15) is 0 Å². The molecule has 1 heterocycles. The van der Waals surface area contributed by atoms with Crippen LogP contribution in [0.2, 0.25) is 0 Å². The van der Waals surface area contributed by atoms with Crippen molar-refractivity contribution in [3.05, 3.63) is 0 Å². The van der Waals surface area contributed by atoms with Crippen molar-refractivity contribution in [1.29, 1.82) is 0 Å². The van der Waals surface area contributed by atoms with Crippen molar-refractivity contribution >= 4 is 11.9 Å². The molecule has 0 aromatic rings. The average Bonchev–Trinajstić information content (AvgIpc) is 2.40. The second-order valence-corrected chi connectivity index (χ2v) is 5.36. The van der Waals surface area contributed by atoms with Gasteiger partial charge < -0.3 is 14.6 Å². The maximum absolute atomic E-state index is 12.1. The molecule has 0 spiro atoms. The fourth-order valence-corrected chi connectivity index (χ4v) is 1.83. The molecular formula is C12H20O5. The summed E-state index contributed by atoms with van der Waals surface area (Å²) in [7, 11) is 0. The minimum atomic E-state index is -1.44. The largest absolute Gasteiger partial charge is 0.480 e. The van der Waals surface area contributed by atoms with Crippen LogP contribution in [0, 0.1) is 5.41 Å². The molecule has 98 valence electrons.